The number of rotatable bonds is 8. The minimum atomic E-state index is -0.879. The second-order valence-electron chi connectivity index (χ2n) is 6.83. The van der Waals surface area contributed by atoms with Crippen LogP contribution in [0.1, 0.15) is 24.2 Å². The first-order valence-corrected chi connectivity index (χ1v) is 9.09. The molecule has 0 fully saturated rings. The van der Waals surface area contributed by atoms with Crippen LogP contribution in [0, 0.1) is 0 Å². The Kier molecular flexibility index (Phi) is 6.16. The van der Waals surface area contributed by atoms with Gasteiger partial charge in [-0.15, -0.1) is 0 Å². The molecule has 0 spiro atoms. The minimum Gasteiger partial charge on any atom is -0.508 e. The molecule has 0 aliphatic carbocycles. The molecule has 1 heterocycles. The Morgan fingerprint density at radius 2 is 1.66 bits per heavy atom. The van der Waals surface area contributed by atoms with Gasteiger partial charge in [0.2, 0.25) is 11.5 Å². The fourth-order valence-corrected chi connectivity index (χ4v) is 2.89. The molecule has 5 N–H and O–H groups in total. The molecule has 29 heavy (non-hydrogen) atoms. The van der Waals surface area contributed by atoms with E-state index in [1.165, 1.54) is 12.1 Å². The number of amides is 2. The van der Waals surface area contributed by atoms with Gasteiger partial charge in [0.25, 0.3) is 11.8 Å². The number of hydrogen-bond acceptors (Lipinski definition) is 7. The number of benzene rings is 2. The number of aliphatic hydroxyl groups is 2. The Balaban J connectivity index is 1.51. The van der Waals surface area contributed by atoms with Crippen LogP contribution in [-0.2, 0) is 16.0 Å². The maximum Gasteiger partial charge on any atom is 0.298 e. The van der Waals surface area contributed by atoms with E-state index < -0.39 is 29.4 Å². The molecule has 1 aliphatic heterocycles. The number of phenolic OH excluding ortho intramolecular Hbond substituents is 1. The van der Waals surface area contributed by atoms with Crippen molar-refractivity contribution in [2.24, 2.45) is 0 Å². The average Bonchev–Trinajstić information content (AvgIpc) is 2.94. The number of hydrogen-bond donors (Lipinski definition) is 5. The van der Waals surface area contributed by atoms with Gasteiger partial charge in [-0.3, -0.25) is 14.9 Å². The Bertz CT molecular complexity index is 921. The third-order valence-corrected chi connectivity index (χ3v) is 4.49. The quantitative estimate of drug-likeness (QED) is 0.426. The third-order valence-electron chi connectivity index (χ3n) is 4.49. The zero-order valence-corrected chi connectivity index (χ0v) is 15.8. The van der Waals surface area contributed by atoms with Gasteiger partial charge in [0.15, 0.2) is 0 Å². The zero-order chi connectivity index (χ0) is 21.0. The number of ether oxygens (including phenoxy) is 1. The van der Waals surface area contributed by atoms with Gasteiger partial charge in [-0.25, -0.2) is 0 Å². The Morgan fingerprint density at radius 1 is 1.00 bits per heavy atom. The molecular formula is C21H22N2O6. The second kappa shape index (κ2) is 8.76. The summed E-state index contributed by atoms with van der Waals surface area (Å²) in [5, 5.41) is 34.3. The van der Waals surface area contributed by atoms with Crippen LogP contribution in [0.5, 0.6) is 11.5 Å². The molecule has 2 amide bonds. The standard InChI is InChI=1S/C21H22N2O6/c1-12(22-11-17(25)14-4-6-15(24)7-5-14)10-13-2-8-16(9-3-13)29-19-18(26)20(27)23-21(19)28/h2-9,12,17,22,24-25H,10-11H2,1H3,(H2,23,26,27,28). The highest BCUT2D eigenvalue weighted by Crippen LogP contribution is 2.20. The van der Waals surface area contributed by atoms with Crippen LogP contribution in [0.15, 0.2) is 60.0 Å². The van der Waals surface area contributed by atoms with E-state index in [9.17, 15) is 24.9 Å². The molecule has 0 saturated heterocycles. The Hall–Kier alpha value is -3.36. The average molecular weight is 398 g/mol. The maximum atomic E-state index is 11.5. The van der Waals surface area contributed by atoms with Gasteiger partial charge in [0.05, 0.1) is 6.10 Å². The van der Waals surface area contributed by atoms with Crippen LogP contribution >= 0.6 is 0 Å². The largest absolute Gasteiger partial charge is 0.508 e. The number of aliphatic hydroxyl groups excluding tert-OH is 2. The molecular weight excluding hydrogens is 376 g/mol. The van der Waals surface area contributed by atoms with Crippen LogP contribution in [-0.4, -0.2) is 39.7 Å². The van der Waals surface area contributed by atoms with E-state index in [2.05, 4.69) is 5.32 Å². The summed E-state index contributed by atoms with van der Waals surface area (Å²) in [4.78, 5) is 22.8. The van der Waals surface area contributed by atoms with Crippen LogP contribution in [0.2, 0.25) is 0 Å². The molecule has 2 aromatic rings. The van der Waals surface area contributed by atoms with Gasteiger partial charge in [-0.05, 0) is 48.7 Å². The van der Waals surface area contributed by atoms with E-state index in [4.69, 9.17) is 4.74 Å². The van der Waals surface area contributed by atoms with Gasteiger partial charge in [0, 0.05) is 12.6 Å². The first-order chi connectivity index (χ1) is 13.8. The summed E-state index contributed by atoms with van der Waals surface area (Å²) < 4.78 is 5.30. The molecule has 8 nitrogen and oxygen atoms in total. The lowest BCUT2D eigenvalue weighted by Gasteiger charge is -2.18. The molecule has 2 unspecified atom stereocenters. The molecule has 2 aromatic carbocycles. The minimum absolute atomic E-state index is 0.0820. The summed E-state index contributed by atoms with van der Waals surface area (Å²) >= 11 is 0. The highest BCUT2D eigenvalue weighted by Gasteiger charge is 2.32. The van der Waals surface area contributed by atoms with E-state index in [-0.39, 0.29) is 11.8 Å². The Morgan fingerprint density at radius 3 is 2.24 bits per heavy atom. The number of aromatic hydroxyl groups is 1. The third kappa shape index (κ3) is 5.13. The molecule has 3 rings (SSSR count). The van der Waals surface area contributed by atoms with Gasteiger partial charge in [-0.1, -0.05) is 24.3 Å². The summed E-state index contributed by atoms with van der Waals surface area (Å²) in [5.41, 5.74) is 1.72. The summed E-state index contributed by atoms with van der Waals surface area (Å²) in [6, 6.07) is 13.4. The van der Waals surface area contributed by atoms with Crippen LogP contribution in [0.4, 0.5) is 0 Å². The van der Waals surface area contributed by atoms with Crippen molar-refractivity contribution in [1.82, 2.24) is 10.6 Å². The molecule has 0 bridgehead atoms. The molecule has 152 valence electrons. The number of carbonyl (C=O) groups is 2. The van der Waals surface area contributed by atoms with Crippen molar-refractivity contribution >= 4 is 11.8 Å². The highest BCUT2D eigenvalue weighted by molar-refractivity contribution is 6.17. The molecule has 0 saturated carbocycles. The molecule has 0 aromatic heterocycles. The number of phenols is 1. The first kappa shape index (κ1) is 20.4. The van der Waals surface area contributed by atoms with E-state index in [0.29, 0.717) is 18.7 Å². The van der Waals surface area contributed by atoms with E-state index in [0.717, 1.165) is 11.1 Å². The second-order valence-corrected chi connectivity index (χ2v) is 6.83. The van der Waals surface area contributed by atoms with Crippen molar-refractivity contribution in [1.29, 1.82) is 0 Å². The Labute approximate surface area is 167 Å². The number of nitrogens with one attached hydrogen (secondary N) is 2. The summed E-state index contributed by atoms with van der Waals surface area (Å²) in [7, 11) is 0. The van der Waals surface area contributed by atoms with Crippen molar-refractivity contribution in [3.05, 3.63) is 71.2 Å². The normalized spacial score (nSPS) is 15.9. The molecule has 1 aliphatic rings. The maximum absolute atomic E-state index is 11.5. The highest BCUT2D eigenvalue weighted by atomic mass is 16.5. The van der Waals surface area contributed by atoms with Crippen LogP contribution in [0.3, 0.4) is 0 Å². The SMILES string of the molecule is CC(Cc1ccc(OC2=C(O)C(=O)NC2=O)cc1)NCC(O)c1ccc(O)cc1. The van der Waals surface area contributed by atoms with E-state index in [1.54, 1.807) is 24.3 Å². The molecule has 0 radical (unpaired) electrons. The number of carbonyl (C=O) groups excluding carboxylic acids is 2. The van der Waals surface area contributed by atoms with Crippen molar-refractivity contribution in [2.75, 3.05) is 6.54 Å². The topological polar surface area (TPSA) is 128 Å². The fraction of sp³-hybridized carbons (Fsp3) is 0.238. The smallest absolute Gasteiger partial charge is 0.298 e. The lowest BCUT2D eigenvalue weighted by Crippen LogP contribution is -2.32. The molecule has 8 heteroatoms. The first-order valence-electron chi connectivity index (χ1n) is 9.09. The summed E-state index contributed by atoms with van der Waals surface area (Å²) in [6.45, 7) is 2.36. The van der Waals surface area contributed by atoms with Crippen LogP contribution in [0.25, 0.3) is 0 Å². The molecule has 2 atom stereocenters. The van der Waals surface area contributed by atoms with Crippen molar-refractivity contribution < 1.29 is 29.6 Å². The lowest BCUT2D eigenvalue weighted by atomic mass is 10.1. The van der Waals surface area contributed by atoms with E-state index in [1.807, 2.05) is 24.4 Å². The zero-order valence-electron chi connectivity index (χ0n) is 15.8. The predicted octanol–water partition coefficient (Wildman–Crippen LogP) is 1.45. The number of imide groups is 1. The van der Waals surface area contributed by atoms with Crippen molar-refractivity contribution in [2.45, 2.75) is 25.5 Å². The van der Waals surface area contributed by atoms with Crippen molar-refractivity contribution in [3.8, 4) is 11.5 Å². The van der Waals surface area contributed by atoms with Gasteiger partial charge in [-0.2, -0.15) is 0 Å². The monoisotopic (exact) mass is 398 g/mol. The van der Waals surface area contributed by atoms with Gasteiger partial charge in [0.1, 0.15) is 11.5 Å². The van der Waals surface area contributed by atoms with Gasteiger partial charge < -0.3 is 25.4 Å². The van der Waals surface area contributed by atoms with Crippen LogP contribution < -0.4 is 15.4 Å². The summed E-state index contributed by atoms with van der Waals surface area (Å²) in [5.74, 6) is -2.33. The lowest BCUT2D eigenvalue weighted by molar-refractivity contribution is -0.125. The van der Waals surface area contributed by atoms with Gasteiger partial charge >= 0.3 is 0 Å². The predicted molar refractivity (Wildman–Crippen MR) is 104 cm³/mol. The van der Waals surface area contributed by atoms with Crippen molar-refractivity contribution in [3.63, 3.8) is 0 Å². The van der Waals surface area contributed by atoms with E-state index >= 15 is 0 Å². The fourth-order valence-electron chi connectivity index (χ4n) is 2.89. The summed E-state index contributed by atoms with van der Waals surface area (Å²) in [6.07, 6.45) is 0.00483.